The van der Waals surface area contributed by atoms with E-state index in [9.17, 15) is 60.6 Å². The average molecular weight is 467 g/mol. The summed E-state index contributed by atoms with van der Waals surface area (Å²) in [6.45, 7) is 0. The molecule has 0 N–H and O–H groups in total. The minimum absolute atomic E-state index is 1.52. The van der Waals surface area contributed by atoms with Crippen molar-refractivity contribution in [1.29, 1.82) is 0 Å². The van der Waals surface area contributed by atoms with Gasteiger partial charge in [0.15, 0.2) is 0 Å². The minimum Gasteiger partial charge on any atom is -0.256 e. The highest BCUT2D eigenvalue weighted by Crippen LogP contribution is 2.51. The predicted octanol–water partition coefficient (Wildman–Crippen LogP) is 4.38. The Morgan fingerprint density at radius 2 is 0.960 bits per heavy atom. The van der Waals surface area contributed by atoms with Crippen LogP contribution in [0, 0.1) is 0 Å². The first-order valence-electron chi connectivity index (χ1n) is 4.72. The smallest absolute Gasteiger partial charge is 0.256 e. The zero-order valence-electron chi connectivity index (χ0n) is 10.3. The van der Waals surface area contributed by atoms with E-state index in [2.05, 4.69) is 23.2 Å². The Morgan fingerprint density at radius 1 is 0.640 bits per heavy atom. The molecule has 0 spiro atoms. The number of ether oxygens (including phenoxy) is 2. The second-order valence-corrected chi connectivity index (χ2v) is 6.07. The molecule has 0 aromatic rings. The molecule has 4 nitrogen and oxygen atoms in total. The summed E-state index contributed by atoms with van der Waals surface area (Å²) in [7, 11) is -7.70. The third-order valence-electron chi connectivity index (χ3n) is 1.83. The van der Waals surface area contributed by atoms with Gasteiger partial charge in [-0.15, -0.1) is 0 Å². The molecule has 0 heterocycles. The van der Waals surface area contributed by atoms with Gasteiger partial charge in [-0.3, -0.25) is 4.74 Å². The lowest BCUT2D eigenvalue weighted by Gasteiger charge is -2.33. The first kappa shape index (κ1) is 24.6. The molecule has 0 aromatic carbocycles. The van der Waals surface area contributed by atoms with Crippen molar-refractivity contribution in [2.24, 2.45) is 0 Å². The zero-order valence-corrected chi connectivity index (χ0v) is 12.7. The van der Waals surface area contributed by atoms with Gasteiger partial charge < -0.3 is 0 Å². The SMILES string of the molecule is O=S(=O)(F)C(F)(F)C(F)(F)OC(F)(F)C(F)(F)OC(F)(Cl)C(F)(F)Cl. The summed E-state index contributed by atoms with van der Waals surface area (Å²) in [6, 6.07) is 0. The van der Waals surface area contributed by atoms with Crippen molar-refractivity contribution in [3.63, 3.8) is 0 Å². The Morgan fingerprint density at radius 3 is 1.24 bits per heavy atom. The van der Waals surface area contributed by atoms with Crippen LogP contribution in [0.25, 0.3) is 0 Å². The zero-order chi connectivity index (χ0) is 20.9. The van der Waals surface area contributed by atoms with Crippen LogP contribution in [0.1, 0.15) is 0 Å². The van der Waals surface area contributed by atoms with Crippen LogP contribution in [0.3, 0.4) is 0 Å². The van der Waals surface area contributed by atoms with Gasteiger partial charge in [0, 0.05) is 0 Å². The Balaban J connectivity index is 5.78. The molecule has 25 heavy (non-hydrogen) atoms. The van der Waals surface area contributed by atoms with Crippen molar-refractivity contribution < 1.29 is 70.1 Å². The summed E-state index contributed by atoms with van der Waals surface area (Å²) in [4.78, 5) is 0. The molecule has 0 saturated carbocycles. The predicted molar refractivity (Wildman–Crippen MR) is 52.5 cm³/mol. The largest absolute Gasteiger partial charge is 0.464 e. The molecular weight excluding hydrogens is 467 g/mol. The molecule has 0 amide bonds. The maximum Gasteiger partial charge on any atom is 0.464 e. The molecule has 1 unspecified atom stereocenters. The number of alkyl halides is 13. The lowest BCUT2D eigenvalue weighted by Crippen LogP contribution is -2.58. The van der Waals surface area contributed by atoms with Crippen LogP contribution >= 0.6 is 23.2 Å². The number of halogens is 14. The summed E-state index contributed by atoms with van der Waals surface area (Å²) >= 11 is 7.67. The highest BCUT2D eigenvalue weighted by Gasteiger charge is 2.77. The van der Waals surface area contributed by atoms with E-state index in [0.717, 1.165) is 0 Å². The van der Waals surface area contributed by atoms with Gasteiger partial charge in [-0.25, -0.2) is 4.74 Å². The molecule has 0 bridgehead atoms. The van der Waals surface area contributed by atoms with Gasteiger partial charge in [-0.2, -0.15) is 56.7 Å². The number of rotatable bonds is 8. The molecule has 1 atom stereocenters. The Hall–Kier alpha value is -0.390. The van der Waals surface area contributed by atoms with E-state index in [1.54, 1.807) is 0 Å². The molecule has 152 valence electrons. The van der Waals surface area contributed by atoms with Crippen LogP contribution in [-0.4, -0.2) is 42.7 Å². The van der Waals surface area contributed by atoms with Gasteiger partial charge in [-0.05, 0) is 23.2 Å². The lowest BCUT2D eigenvalue weighted by molar-refractivity contribution is -0.512. The summed E-state index contributed by atoms with van der Waals surface area (Å²) < 4.78 is 174. The van der Waals surface area contributed by atoms with E-state index in [1.807, 2.05) is 4.74 Å². The van der Waals surface area contributed by atoms with Crippen molar-refractivity contribution in [3.8, 4) is 0 Å². The van der Waals surface area contributed by atoms with Crippen molar-refractivity contribution in [2.75, 3.05) is 0 Å². The molecule has 0 aliphatic carbocycles. The molecule has 0 aliphatic rings. The molecule has 19 heteroatoms. The lowest BCUT2D eigenvalue weighted by atomic mass is 10.5. The molecule has 0 fully saturated rings. The van der Waals surface area contributed by atoms with E-state index in [-0.39, 0.29) is 0 Å². The van der Waals surface area contributed by atoms with Gasteiger partial charge in [-0.1, -0.05) is 3.89 Å². The normalized spacial score (nSPS) is 18.2. The summed E-state index contributed by atoms with van der Waals surface area (Å²) in [5.41, 5.74) is 0. The van der Waals surface area contributed by atoms with Crippen molar-refractivity contribution in [2.45, 2.75) is 34.3 Å². The average Bonchev–Trinajstić information content (AvgIpc) is 2.21. The Labute approximate surface area is 138 Å². The molecule has 0 rings (SSSR count). The first-order valence-corrected chi connectivity index (χ1v) is 6.85. The van der Waals surface area contributed by atoms with Crippen molar-refractivity contribution in [1.82, 2.24) is 0 Å². The molecule has 0 aliphatic heterocycles. The summed E-state index contributed by atoms with van der Waals surface area (Å²) in [5.74, 6) is 0. The van der Waals surface area contributed by atoms with Crippen molar-refractivity contribution >= 4 is 33.4 Å². The van der Waals surface area contributed by atoms with E-state index in [0.29, 0.717) is 0 Å². The maximum atomic E-state index is 12.8. The van der Waals surface area contributed by atoms with Crippen LogP contribution in [0.15, 0.2) is 0 Å². The molecule has 0 radical (unpaired) electrons. The van der Waals surface area contributed by atoms with Gasteiger partial charge in [0.1, 0.15) is 0 Å². The van der Waals surface area contributed by atoms with Crippen LogP contribution in [0.4, 0.5) is 52.2 Å². The molecule has 0 saturated heterocycles. The first-order chi connectivity index (χ1) is 10.4. The van der Waals surface area contributed by atoms with Crippen LogP contribution in [-0.2, 0) is 19.7 Å². The Bertz CT molecular complexity index is 599. The fourth-order valence-corrected chi connectivity index (χ4v) is 1.16. The quantitative estimate of drug-likeness (QED) is 0.302. The minimum atomic E-state index is -7.70. The maximum absolute atomic E-state index is 12.8. The van der Waals surface area contributed by atoms with Crippen LogP contribution < -0.4 is 0 Å². The topological polar surface area (TPSA) is 52.6 Å². The second kappa shape index (κ2) is 6.35. The third-order valence-corrected chi connectivity index (χ3v) is 3.33. The van der Waals surface area contributed by atoms with Gasteiger partial charge in [0.2, 0.25) is 0 Å². The van der Waals surface area contributed by atoms with E-state index in [4.69, 9.17) is 0 Å². The highest BCUT2D eigenvalue weighted by molar-refractivity contribution is 7.87. The molecular formula is C6Cl2F12O4S. The van der Waals surface area contributed by atoms with Crippen LogP contribution in [0.2, 0.25) is 0 Å². The summed E-state index contributed by atoms with van der Waals surface area (Å²) in [5, 5.41) is -18.6. The van der Waals surface area contributed by atoms with Crippen LogP contribution in [0.5, 0.6) is 0 Å². The number of hydrogen-bond acceptors (Lipinski definition) is 4. The standard InChI is InChI=1S/C6Cl2F12O4S/c7-1(9,10)2(8,11)23-3(12,13)4(14,15)24-5(16,17)6(18,19)25(20,21)22. The fraction of sp³-hybridized carbons (Fsp3) is 1.00. The monoisotopic (exact) mass is 466 g/mol. The van der Waals surface area contributed by atoms with Gasteiger partial charge in [0.05, 0.1) is 0 Å². The molecule has 0 aromatic heterocycles. The van der Waals surface area contributed by atoms with E-state index < -0.39 is 44.5 Å². The number of hydrogen-bond donors (Lipinski definition) is 0. The summed E-state index contributed by atoms with van der Waals surface area (Å²) in [6.07, 6.45) is -21.3. The van der Waals surface area contributed by atoms with Gasteiger partial charge >= 0.3 is 44.5 Å². The second-order valence-electron chi connectivity index (χ2n) is 3.72. The third kappa shape index (κ3) is 4.86. The van der Waals surface area contributed by atoms with Crippen molar-refractivity contribution in [3.05, 3.63) is 0 Å². The van der Waals surface area contributed by atoms with E-state index >= 15 is 0 Å². The Kier molecular flexibility index (Phi) is 6.25. The van der Waals surface area contributed by atoms with E-state index in [1.165, 1.54) is 4.74 Å². The van der Waals surface area contributed by atoms with Gasteiger partial charge in [0.25, 0.3) is 0 Å². The highest BCUT2D eigenvalue weighted by atomic mass is 35.5. The fourth-order valence-electron chi connectivity index (χ4n) is 0.700.